The first-order chi connectivity index (χ1) is 14.6. The van der Waals surface area contributed by atoms with Gasteiger partial charge in [-0.1, -0.05) is 53.7 Å². The highest BCUT2D eigenvalue weighted by Crippen LogP contribution is 2.25. The summed E-state index contributed by atoms with van der Waals surface area (Å²) in [7, 11) is 1.93. The van der Waals surface area contributed by atoms with E-state index in [1.807, 2.05) is 48.1 Å². The minimum absolute atomic E-state index is 0.167. The van der Waals surface area contributed by atoms with E-state index in [1.54, 1.807) is 6.21 Å². The number of amides is 1. The number of hydrazone groups is 1. The van der Waals surface area contributed by atoms with Gasteiger partial charge in [0.2, 0.25) is 0 Å². The second-order valence-electron chi connectivity index (χ2n) is 7.08. The first-order valence-electron chi connectivity index (χ1n) is 9.67. The number of nitrogens with zero attached hydrogens (tertiary/aromatic N) is 4. The largest absolute Gasteiger partial charge is 0.350 e. The lowest BCUT2D eigenvalue weighted by molar-refractivity contribution is -0.118. The molecule has 2 aromatic heterocycles. The normalized spacial score (nSPS) is 11.4. The molecule has 0 spiro atoms. The van der Waals surface area contributed by atoms with E-state index in [0.29, 0.717) is 6.54 Å². The standard InChI is InChI=1S/C23H23N5OS/c1-17-9-11-18(12-10-17)15-28-21-8-4-3-7-20(21)25-23(28)30-16-22(29)26-24-14-19-6-5-13-27(19)2/h3-14H,15-16H2,1-2H3,(H,26,29)/b24-14+. The van der Waals surface area contributed by atoms with Crippen molar-refractivity contribution in [3.05, 3.63) is 83.7 Å². The summed E-state index contributed by atoms with van der Waals surface area (Å²) in [6.07, 6.45) is 3.56. The molecule has 0 aliphatic heterocycles. The van der Waals surface area contributed by atoms with Crippen LogP contribution in [0.3, 0.4) is 0 Å². The van der Waals surface area contributed by atoms with Crippen LogP contribution in [-0.2, 0) is 18.4 Å². The zero-order chi connectivity index (χ0) is 20.9. The van der Waals surface area contributed by atoms with Gasteiger partial charge in [0, 0.05) is 13.2 Å². The molecule has 4 rings (SSSR count). The van der Waals surface area contributed by atoms with Crippen LogP contribution in [-0.4, -0.2) is 32.0 Å². The molecule has 0 saturated heterocycles. The Morgan fingerprint density at radius 1 is 1.13 bits per heavy atom. The highest BCUT2D eigenvalue weighted by Gasteiger charge is 2.13. The minimum Gasteiger partial charge on any atom is -0.350 e. The molecule has 0 aliphatic rings. The SMILES string of the molecule is Cc1ccc(Cn2c(SCC(=O)N/N=C/c3cccn3C)nc3ccccc32)cc1. The fourth-order valence-electron chi connectivity index (χ4n) is 3.13. The molecule has 0 radical (unpaired) electrons. The highest BCUT2D eigenvalue weighted by molar-refractivity contribution is 7.99. The number of nitrogens with one attached hydrogen (secondary N) is 1. The third-order valence-corrected chi connectivity index (χ3v) is 5.76. The van der Waals surface area contributed by atoms with Gasteiger partial charge in [-0.05, 0) is 36.8 Å². The Labute approximate surface area is 179 Å². The summed E-state index contributed by atoms with van der Waals surface area (Å²) in [4.78, 5) is 17.0. The molecule has 1 N–H and O–H groups in total. The molecule has 6 nitrogen and oxygen atoms in total. The zero-order valence-corrected chi connectivity index (χ0v) is 17.8. The molecule has 0 unspecified atom stereocenters. The van der Waals surface area contributed by atoms with Crippen molar-refractivity contribution in [3.63, 3.8) is 0 Å². The number of rotatable bonds is 7. The number of aromatic nitrogens is 3. The van der Waals surface area contributed by atoms with Crippen LogP contribution in [0, 0.1) is 6.92 Å². The molecule has 0 fully saturated rings. The van der Waals surface area contributed by atoms with E-state index in [2.05, 4.69) is 52.3 Å². The predicted octanol–water partition coefficient (Wildman–Crippen LogP) is 3.97. The number of fused-ring (bicyclic) bond motifs is 1. The van der Waals surface area contributed by atoms with Crippen molar-refractivity contribution >= 4 is 34.9 Å². The van der Waals surface area contributed by atoms with E-state index >= 15 is 0 Å². The summed E-state index contributed by atoms with van der Waals surface area (Å²) in [5, 5.41) is 4.86. The van der Waals surface area contributed by atoms with Crippen LogP contribution in [0.1, 0.15) is 16.8 Å². The van der Waals surface area contributed by atoms with E-state index in [1.165, 1.54) is 22.9 Å². The number of aryl methyl sites for hydroxylation is 2. The molecule has 0 aliphatic carbocycles. The third-order valence-electron chi connectivity index (χ3n) is 4.78. The van der Waals surface area contributed by atoms with E-state index < -0.39 is 0 Å². The van der Waals surface area contributed by atoms with Gasteiger partial charge in [-0.15, -0.1) is 0 Å². The molecule has 1 amide bonds. The Morgan fingerprint density at radius 2 is 1.93 bits per heavy atom. The third kappa shape index (κ3) is 4.63. The fourth-order valence-corrected chi connectivity index (χ4v) is 3.94. The van der Waals surface area contributed by atoms with Crippen molar-refractivity contribution in [1.82, 2.24) is 19.5 Å². The van der Waals surface area contributed by atoms with Crippen LogP contribution in [0.2, 0.25) is 0 Å². The first-order valence-corrected chi connectivity index (χ1v) is 10.7. The quantitative estimate of drug-likeness (QED) is 0.281. The molecular weight excluding hydrogens is 394 g/mol. The van der Waals surface area contributed by atoms with Gasteiger partial charge in [-0.3, -0.25) is 4.79 Å². The summed E-state index contributed by atoms with van der Waals surface area (Å²) in [6, 6.07) is 20.4. The van der Waals surface area contributed by atoms with Gasteiger partial charge in [-0.25, -0.2) is 10.4 Å². The summed E-state index contributed by atoms with van der Waals surface area (Å²) >= 11 is 1.42. The second kappa shape index (κ2) is 9.00. The molecule has 7 heteroatoms. The highest BCUT2D eigenvalue weighted by atomic mass is 32.2. The summed E-state index contributed by atoms with van der Waals surface area (Å²) in [5.74, 6) is 0.0706. The number of benzene rings is 2. The Kier molecular flexibility index (Phi) is 5.99. The first kappa shape index (κ1) is 20.0. The van der Waals surface area contributed by atoms with Crippen molar-refractivity contribution in [2.24, 2.45) is 12.1 Å². The Morgan fingerprint density at radius 3 is 2.70 bits per heavy atom. The minimum atomic E-state index is -0.167. The van der Waals surface area contributed by atoms with Crippen molar-refractivity contribution in [3.8, 4) is 0 Å². The molecule has 4 aromatic rings. The van der Waals surface area contributed by atoms with Crippen LogP contribution in [0.25, 0.3) is 11.0 Å². The maximum Gasteiger partial charge on any atom is 0.250 e. The molecule has 2 heterocycles. The lowest BCUT2D eigenvalue weighted by Gasteiger charge is -2.09. The monoisotopic (exact) mass is 417 g/mol. The molecular formula is C23H23N5OS. The molecule has 0 atom stereocenters. The Hall–Kier alpha value is -3.32. The van der Waals surface area contributed by atoms with E-state index in [-0.39, 0.29) is 11.7 Å². The number of hydrogen-bond donors (Lipinski definition) is 1. The molecule has 30 heavy (non-hydrogen) atoms. The van der Waals surface area contributed by atoms with Gasteiger partial charge < -0.3 is 9.13 Å². The summed E-state index contributed by atoms with van der Waals surface area (Å²) in [5.41, 5.74) is 7.92. The number of hydrogen-bond acceptors (Lipinski definition) is 4. The van der Waals surface area contributed by atoms with Gasteiger partial charge >= 0.3 is 0 Å². The average molecular weight is 418 g/mol. The lowest BCUT2D eigenvalue weighted by atomic mass is 10.1. The molecule has 2 aromatic carbocycles. The molecule has 152 valence electrons. The van der Waals surface area contributed by atoms with Crippen molar-refractivity contribution < 1.29 is 4.79 Å². The van der Waals surface area contributed by atoms with Crippen LogP contribution < -0.4 is 5.43 Å². The smallest absolute Gasteiger partial charge is 0.250 e. The molecule has 0 bridgehead atoms. The van der Waals surface area contributed by atoms with Crippen molar-refractivity contribution in [2.75, 3.05) is 5.75 Å². The predicted molar refractivity (Wildman–Crippen MR) is 122 cm³/mol. The number of imidazole rings is 1. The maximum absolute atomic E-state index is 12.3. The van der Waals surface area contributed by atoms with Crippen molar-refractivity contribution in [2.45, 2.75) is 18.6 Å². The van der Waals surface area contributed by atoms with Crippen LogP contribution in [0.4, 0.5) is 0 Å². The van der Waals surface area contributed by atoms with E-state index in [9.17, 15) is 4.79 Å². The maximum atomic E-state index is 12.3. The summed E-state index contributed by atoms with van der Waals surface area (Å²) in [6.45, 7) is 2.78. The van der Waals surface area contributed by atoms with Gasteiger partial charge in [-0.2, -0.15) is 5.10 Å². The lowest BCUT2D eigenvalue weighted by Crippen LogP contribution is -2.20. The fraction of sp³-hybridized carbons (Fsp3) is 0.174. The van der Waals surface area contributed by atoms with Crippen LogP contribution in [0.5, 0.6) is 0 Å². The van der Waals surface area contributed by atoms with E-state index in [0.717, 1.165) is 21.9 Å². The average Bonchev–Trinajstić information content (AvgIpc) is 3.31. The zero-order valence-electron chi connectivity index (χ0n) is 16.9. The van der Waals surface area contributed by atoms with Gasteiger partial charge in [0.1, 0.15) is 0 Å². The number of carbonyl (C=O) groups excluding carboxylic acids is 1. The Bertz CT molecular complexity index is 1190. The Balaban J connectivity index is 1.46. The van der Waals surface area contributed by atoms with Crippen molar-refractivity contribution in [1.29, 1.82) is 0 Å². The van der Waals surface area contributed by atoms with E-state index in [4.69, 9.17) is 4.98 Å². The molecule has 0 saturated carbocycles. The summed E-state index contributed by atoms with van der Waals surface area (Å²) < 4.78 is 4.09. The van der Waals surface area contributed by atoms with Crippen LogP contribution >= 0.6 is 11.8 Å². The van der Waals surface area contributed by atoms with Gasteiger partial charge in [0.25, 0.3) is 5.91 Å². The second-order valence-corrected chi connectivity index (χ2v) is 8.02. The number of thioether (sulfide) groups is 1. The number of para-hydroxylation sites is 2. The topological polar surface area (TPSA) is 64.2 Å². The van der Waals surface area contributed by atoms with Gasteiger partial charge in [0.05, 0.1) is 35.2 Å². The van der Waals surface area contributed by atoms with Gasteiger partial charge in [0.15, 0.2) is 5.16 Å². The van der Waals surface area contributed by atoms with Crippen LogP contribution in [0.15, 0.2) is 77.1 Å². The number of carbonyl (C=O) groups is 1.